The fourth-order valence-electron chi connectivity index (χ4n) is 2.87. The standard InChI is InChI=1S/C16H22N4O/c1-18(2)14-6-4-5-12-13(14)11-15(17-16(12)21)20-9-7-19(3)8-10-20/h4-6,11H,7-10H2,1-3H3,(H,17,21). The number of fused-ring (bicyclic) bond motifs is 1. The molecule has 21 heavy (non-hydrogen) atoms. The molecular formula is C16H22N4O. The molecule has 1 aliphatic heterocycles. The topological polar surface area (TPSA) is 42.6 Å². The third kappa shape index (κ3) is 2.61. The summed E-state index contributed by atoms with van der Waals surface area (Å²) in [6, 6.07) is 7.98. The van der Waals surface area contributed by atoms with Crippen LogP contribution in [0.15, 0.2) is 29.1 Å². The lowest BCUT2D eigenvalue weighted by Gasteiger charge is -2.33. The minimum atomic E-state index is -0.00914. The third-order valence-electron chi connectivity index (χ3n) is 4.18. The van der Waals surface area contributed by atoms with Gasteiger partial charge in [-0.15, -0.1) is 0 Å². The van der Waals surface area contributed by atoms with Gasteiger partial charge in [0.1, 0.15) is 5.82 Å². The number of benzene rings is 1. The first-order chi connectivity index (χ1) is 10.1. The van der Waals surface area contributed by atoms with E-state index in [0.29, 0.717) is 0 Å². The van der Waals surface area contributed by atoms with Gasteiger partial charge in [0.15, 0.2) is 0 Å². The van der Waals surface area contributed by atoms with Gasteiger partial charge in [0.05, 0.1) is 0 Å². The number of aromatic amines is 1. The third-order valence-corrected chi connectivity index (χ3v) is 4.18. The van der Waals surface area contributed by atoms with E-state index in [-0.39, 0.29) is 5.56 Å². The molecule has 2 heterocycles. The number of rotatable bonds is 2. The molecule has 5 nitrogen and oxygen atoms in total. The van der Waals surface area contributed by atoms with Crippen molar-refractivity contribution in [1.29, 1.82) is 0 Å². The van der Waals surface area contributed by atoms with Crippen LogP contribution in [0, 0.1) is 0 Å². The summed E-state index contributed by atoms with van der Waals surface area (Å²) < 4.78 is 0. The van der Waals surface area contributed by atoms with Crippen LogP contribution in [0.25, 0.3) is 10.8 Å². The highest BCUT2D eigenvalue weighted by atomic mass is 16.1. The number of pyridine rings is 1. The fourth-order valence-corrected chi connectivity index (χ4v) is 2.87. The number of aromatic nitrogens is 1. The van der Waals surface area contributed by atoms with Gasteiger partial charge in [0, 0.05) is 56.7 Å². The molecule has 0 saturated carbocycles. The first-order valence-electron chi connectivity index (χ1n) is 7.33. The highest BCUT2D eigenvalue weighted by Crippen LogP contribution is 2.26. The lowest BCUT2D eigenvalue weighted by molar-refractivity contribution is 0.312. The Kier molecular flexibility index (Phi) is 3.59. The highest BCUT2D eigenvalue weighted by Gasteiger charge is 2.16. The number of likely N-dealkylation sites (N-methyl/N-ethyl adjacent to an activating group) is 1. The van der Waals surface area contributed by atoms with Crippen LogP contribution in [0.1, 0.15) is 0 Å². The molecule has 112 valence electrons. The van der Waals surface area contributed by atoms with Gasteiger partial charge < -0.3 is 19.7 Å². The van der Waals surface area contributed by atoms with E-state index in [4.69, 9.17) is 0 Å². The molecule has 1 aliphatic rings. The zero-order valence-corrected chi connectivity index (χ0v) is 12.9. The maximum atomic E-state index is 12.4. The van der Waals surface area contributed by atoms with Crippen molar-refractivity contribution < 1.29 is 0 Å². The molecular weight excluding hydrogens is 264 g/mol. The van der Waals surface area contributed by atoms with Crippen LogP contribution >= 0.6 is 0 Å². The Morgan fingerprint density at radius 1 is 1.10 bits per heavy atom. The van der Waals surface area contributed by atoms with Crippen molar-refractivity contribution in [1.82, 2.24) is 9.88 Å². The number of nitrogens with zero attached hydrogens (tertiary/aromatic N) is 3. The SMILES string of the molecule is CN1CCN(c2cc3c(N(C)C)cccc3c(=O)[nH]2)CC1. The van der Waals surface area contributed by atoms with Gasteiger partial charge in [0.25, 0.3) is 5.56 Å². The predicted octanol–water partition coefficient (Wildman–Crippen LogP) is 1.35. The Morgan fingerprint density at radius 2 is 1.81 bits per heavy atom. The van der Waals surface area contributed by atoms with Crippen molar-refractivity contribution >= 4 is 22.3 Å². The maximum absolute atomic E-state index is 12.4. The number of nitrogens with one attached hydrogen (secondary N) is 1. The van der Waals surface area contributed by atoms with E-state index in [0.717, 1.165) is 48.5 Å². The number of hydrogen-bond acceptors (Lipinski definition) is 4. The zero-order chi connectivity index (χ0) is 15.0. The minimum Gasteiger partial charge on any atom is -0.377 e. The van der Waals surface area contributed by atoms with Gasteiger partial charge in [0.2, 0.25) is 0 Å². The predicted molar refractivity (Wildman–Crippen MR) is 88.6 cm³/mol. The number of anilines is 2. The molecule has 5 heteroatoms. The van der Waals surface area contributed by atoms with Gasteiger partial charge in [-0.1, -0.05) is 6.07 Å². The lowest BCUT2D eigenvalue weighted by atomic mass is 10.1. The lowest BCUT2D eigenvalue weighted by Crippen LogP contribution is -2.45. The smallest absolute Gasteiger partial charge is 0.257 e. The molecule has 2 aromatic rings. The molecule has 0 amide bonds. The van der Waals surface area contributed by atoms with Crippen molar-refractivity contribution in [3.63, 3.8) is 0 Å². The Balaban J connectivity index is 2.09. The minimum absolute atomic E-state index is 0.00914. The zero-order valence-electron chi connectivity index (χ0n) is 12.9. The van der Waals surface area contributed by atoms with E-state index < -0.39 is 0 Å². The van der Waals surface area contributed by atoms with Crippen LogP contribution in [0.2, 0.25) is 0 Å². The summed E-state index contributed by atoms with van der Waals surface area (Å²) in [5.74, 6) is 0.926. The Hall–Kier alpha value is -2.01. The largest absolute Gasteiger partial charge is 0.377 e. The fraction of sp³-hybridized carbons (Fsp3) is 0.438. The molecule has 0 unspecified atom stereocenters. The Labute approximate surface area is 124 Å². The first kappa shape index (κ1) is 13.9. The second-order valence-electron chi connectivity index (χ2n) is 5.91. The van der Waals surface area contributed by atoms with E-state index in [1.165, 1.54) is 0 Å². The average Bonchev–Trinajstić information content (AvgIpc) is 2.47. The summed E-state index contributed by atoms with van der Waals surface area (Å²) >= 11 is 0. The monoisotopic (exact) mass is 286 g/mol. The summed E-state index contributed by atoms with van der Waals surface area (Å²) in [7, 11) is 6.14. The van der Waals surface area contributed by atoms with Gasteiger partial charge >= 0.3 is 0 Å². The normalized spacial score (nSPS) is 16.4. The molecule has 0 radical (unpaired) electrons. The summed E-state index contributed by atoms with van der Waals surface area (Å²) in [5, 5.41) is 1.76. The average molecular weight is 286 g/mol. The van der Waals surface area contributed by atoms with Crippen LogP contribution < -0.4 is 15.4 Å². The van der Waals surface area contributed by atoms with Crippen LogP contribution in [0.3, 0.4) is 0 Å². The van der Waals surface area contributed by atoms with E-state index in [1.54, 1.807) is 0 Å². The molecule has 0 atom stereocenters. The van der Waals surface area contributed by atoms with Crippen molar-refractivity contribution in [3.05, 3.63) is 34.6 Å². The van der Waals surface area contributed by atoms with E-state index in [2.05, 4.69) is 38.9 Å². The van der Waals surface area contributed by atoms with Crippen LogP contribution in [-0.2, 0) is 0 Å². The van der Waals surface area contributed by atoms with Crippen LogP contribution in [0.5, 0.6) is 0 Å². The molecule has 0 spiro atoms. The van der Waals surface area contributed by atoms with Gasteiger partial charge in [-0.25, -0.2) is 0 Å². The summed E-state index contributed by atoms with van der Waals surface area (Å²) in [5.41, 5.74) is 1.07. The van der Waals surface area contributed by atoms with Gasteiger partial charge in [-0.3, -0.25) is 4.79 Å². The second-order valence-corrected chi connectivity index (χ2v) is 5.91. The van der Waals surface area contributed by atoms with Crippen molar-refractivity contribution in [2.45, 2.75) is 0 Å². The van der Waals surface area contributed by atoms with E-state index in [9.17, 15) is 4.79 Å². The van der Waals surface area contributed by atoms with Gasteiger partial charge in [-0.2, -0.15) is 0 Å². The van der Waals surface area contributed by atoms with Crippen molar-refractivity contribution in [3.8, 4) is 0 Å². The van der Waals surface area contributed by atoms with E-state index >= 15 is 0 Å². The van der Waals surface area contributed by atoms with Gasteiger partial charge in [-0.05, 0) is 25.2 Å². The van der Waals surface area contributed by atoms with Crippen LogP contribution in [-0.4, -0.2) is 57.2 Å². The maximum Gasteiger partial charge on any atom is 0.257 e. The molecule has 1 fully saturated rings. The summed E-state index contributed by atoms with van der Waals surface area (Å²) in [4.78, 5) is 22.0. The number of hydrogen-bond donors (Lipinski definition) is 1. The van der Waals surface area contributed by atoms with E-state index in [1.807, 2.05) is 26.2 Å². The summed E-state index contributed by atoms with van der Waals surface area (Å²) in [6.45, 7) is 3.94. The molecule has 1 N–H and O–H groups in total. The molecule has 1 saturated heterocycles. The second kappa shape index (κ2) is 5.41. The van der Waals surface area contributed by atoms with Crippen molar-refractivity contribution in [2.75, 3.05) is 57.1 Å². The molecule has 0 bridgehead atoms. The Morgan fingerprint density at radius 3 is 2.48 bits per heavy atom. The number of piperazine rings is 1. The quantitative estimate of drug-likeness (QED) is 0.905. The first-order valence-corrected chi connectivity index (χ1v) is 7.33. The summed E-state index contributed by atoms with van der Waals surface area (Å²) in [6.07, 6.45) is 0. The highest BCUT2D eigenvalue weighted by molar-refractivity contribution is 5.95. The Bertz CT molecular complexity index is 699. The van der Waals surface area contributed by atoms with Crippen LogP contribution in [0.4, 0.5) is 11.5 Å². The number of H-pyrrole nitrogens is 1. The molecule has 1 aromatic heterocycles. The van der Waals surface area contributed by atoms with Crippen molar-refractivity contribution in [2.24, 2.45) is 0 Å². The molecule has 0 aliphatic carbocycles. The molecule has 1 aromatic carbocycles. The molecule has 3 rings (SSSR count).